The van der Waals surface area contributed by atoms with Crippen molar-refractivity contribution in [2.45, 2.75) is 19.3 Å². The first kappa shape index (κ1) is 22.4. The van der Waals surface area contributed by atoms with Crippen molar-refractivity contribution in [3.63, 3.8) is 0 Å². The van der Waals surface area contributed by atoms with E-state index in [-0.39, 0.29) is 16.9 Å². The molecule has 0 aliphatic heterocycles. The number of benzene rings is 9. The SMILES string of the molecule is [2H]c1c([2H])c([2H])c(-c2c([2H])c([2H])c([2H])c([2H])c2N(c2ccc3c(c2)C(C)(C)c2ccccc2-3)c2c([2H])c([2H])c(-c3ccc4c(c3)c3ccccc3n4-c3ccc4ccccc4c3)c([2H])c2[2H])c([2H])c1[2H]. The molecule has 1 aliphatic rings. The molecule has 0 spiro atoms. The molecule has 0 saturated heterocycles. The Bertz CT molecular complexity index is 3870. The predicted molar refractivity (Wildman–Crippen MR) is 241 cm³/mol. The van der Waals surface area contributed by atoms with Gasteiger partial charge in [0.2, 0.25) is 0 Å². The van der Waals surface area contributed by atoms with Crippen molar-refractivity contribution in [3.8, 4) is 39.1 Å². The molecule has 9 aromatic carbocycles. The maximum atomic E-state index is 9.85. The summed E-state index contributed by atoms with van der Waals surface area (Å²) in [5, 5.41) is 3.89. The Morgan fingerprint density at radius 3 is 2.05 bits per heavy atom. The van der Waals surface area contributed by atoms with Gasteiger partial charge in [0.15, 0.2) is 0 Å². The monoisotopic (exact) mass is 741 g/mol. The summed E-state index contributed by atoms with van der Waals surface area (Å²) < 4.78 is 121. The predicted octanol–water partition coefficient (Wildman–Crippen LogP) is 15.0. The number of hydrogen-bond acceptors (Lipinski definition) is 1. The molecule has 1 aromatic heterocycles. The van der Waals surface area contributed by atoms with Crippen LogP contribution < -0.4 is 4.90 Å². The van der Waals surface area contributed by atoms with Gasteiger partial charge in [-0.3, -0.25) is 0 Å². The third kappa shape index (κ3) is 5.33. The summed E-state index contributed by atoms with van der Waals surface area (Å²) in [6, 6.07) is 32.6. The third-order valence-corrected chi connectivity index (χ3v) is 11.3. The number of para-hydroxylation sites is 2. The van der Waals surface area contributed by atoms with Crippen LogP contribution in [0.15, 0.2) is 206 Å². The minimum atomic E-state index is -0.742. The van der Waals surface area contributed by atoms with Gasteiger partial charge in [0.1, 0.15) is 0 Å². The number of anilines is 3. The van der Waals surface area contributed by atoms with Crippen LogP contribution in [0.2, 0.25) is 0 Å². The smallest absolute Gasteiger partial charge is 0.0645 e. The Balaban J connectivity index is 1.19. The molecule has 1 heterocycles. The van der Waals surface area contributed by atoms with Crippen LogP contribution in [0.1, 0.15) is 42.8 Å². The van der Waals surface area contributed by atoms with E-state index in [1.165, 1.54) is 4.90 Å². The Kier molecular flexibility index (Phi) is 5.10. The largest absolute Gasteiger partial charge is 0.310 e. The summed E-state index contributed by atoms with van der Waals surface area (Å²) in [7, 11) is 0. The summed E-state index contributed by atoms with van der Waals surface area (Å²) >= 11 is 0. The molecule has 0 fully saturated rings. The van der Waals surface area contributed by atoms with Gasteiger partial charge < -0.3 is 9.47 Å². The van der Waals surface area contributed by atoms with E-state index in [0.717, 1.165) is 60.5 Å². The van der Waals surface area contributed by atoms with E-state index in [4.69, 9.17) is 9.60 Å². The number of fused-ring (bicyclic) bond motifs is 7. The van der Waals surface area contributed by atoms with Crippen LogP contribution in [0.25, 0.3) is 71.6 Å². The maximum Gasteiger partial charge on any atom is 0.0645 e. The van der Waals surface area contributed by atoms with Gasteiger partial charge in [0.05, 0.1) is 34.5 Å². The van der Waals surface area contributed by atoms with E-state index in [1.54, 1.807) is 18.2 Å². The average Bonchev–Trinajstić information content (AvgIpc) is 3.82. The van der Waals surface area contributed by atoms with Gasteiger partial charge in [-0.25, -0.2) is 0 Å². The summed E-state index contributed by atoms with van der Waals surface area (Å²) in [5.41, 5.74) is 4.63. The van der Waals surface area contributed by atoms with Crippen molar-refractivity contribution in [2.24, 2.45) is 0 Å². The van der Waals surface area contributed by atoms with Gasteiger partial charge in [-0.1, -0.05) is 159 Å². The van der Waals surface area contributed by atoms with Crippen molar-refractivity contribution < 1.29 is 17.8 Å². The van der Waals surface area contributed by atoms with E-state index >= 15 is 0 Å². The van der Waals surface area contributed by atoms with Gasteiger partial charge >= 0.3 is 0 Å². The van der Waals surface area contributed by atoms with E-state index < -0.39 is 101 Å². The Morgan fingerprint density at radius 1 is 0.456 bits per heavy atom. The lowest BCUT2D eigenvalue weighted by atomic mass is 9.82. The Labute approximate surface area is 351 Å². The van der Waals surface area contributed by atoms with Crippen LogP contribution in [-0.2, 0) is 5.41 Å². The zero-order valence-electron chi connectivity index (χ0n) is 44.0. The highest BCUT2D eigenvalue weighted by atomic mass is 15.1. The van der Waals surface area contributed by atoms with Gasteiger partial charge in [-0.2, -0.15) is 0 Å². The molecule has 1 aliphatic carbocycles. The molecule has 57 heavy (non-hydrogen) atoms. The van der Waals surface area contributed by atoms with Crippen LogP contribution >= 0.6 is 0 Å². The molecule has 10 aromatic rings. The van der Waals surface area contributed by atoms with Crippen LogP contribution in [-0.4, -0.2) is 4.57 Å². The summed E-state index contributed by atoms with van der Waals surface area (Å²) in [4.78, 5) is 1.23. The van der Waals surface area contributed by atoms with Gasteiger partial charge in [-0.05, 0) is 110 Å². The summed E-state index contributed by atoms with van der Waals surface area (Å²) in [6.07, 6.45) is 0. The van der Waals surface area contributed by atoms with E-state index in [1.807, 2.05) is 92.7 Å². The molecule has 2 nitrogen and oxygen atoms in total. The molecule has 0 N–H and O–H groups in total. The van der Waals surface area contributed by atoms with Crippen molar-refractivity contribution in [1.29, 1.82) is 0 Å². The fraction of sp³-hybridized carbons (Fsp3) is 0.0545. The molecule has 0 saturated carbocycles. The fourth-order valence-electron chi connectivity index (χ4n) is 8.52. The van der Waals surface area contributed by atoms with Crippen LogP contribution in [0.3, 0.4) is 0 Å². The van der Waals surface area contributed by atoms with Crippen LogP contribution in [0.4, 0.5) is 17.1 Å². The average molecular weight is 742 g/mol. The van der Waals surface area contributed by atoms with E-state index in [9.17, 15) is 8.22 Å². The number of aromatic nitrogens is 1. The molecule has 2 heteroatoms. The Morgan fingerprint density at radius 2 is 1.18 bits per heavy atom. The lowest BCUT2D eigenvalue weighted by molar-refractivity contribution is 0.660. The molecule has 0 amide bonds. The highest BCUT2D eigenvalue weighted by molar-refractivity contribution is 6.10. The van der Waals surface area contributed by atoms with Crippen LogP contribution in [0, 0.1) is 0 Å². The third-order valence-electron chi connectivity index (χ3n) is 11.3. The molecule has 11 rings (SSSR count). The van der Waals surface area contributed by atoms with Gasteiger partial charge in [-0.15, -0.1) is 0 Å². The standard InChI is InChI=1S/C55H40N2/c1-55(2)50-21-11-8-19-46(50)47-32-31-44(36-51(47)55)56(52-22-12-9-18-45(52)39-15-4-3-5-16-39)42-28-24-38(25-29-42)41-27-33-54-49(35-41)48-20-10-13-23-53(48)57(54)43-30-26-37-14-6-7-17-40(37)34-43/h3-36H,1-2H3/i3D,4D,5D,9D,12D,15D,16D,18D,22D,24D,25D,28D,29D. The Hall–Kier alpha value is -7.16. The van der Waals surface area contributed by atoms with E-state index in [2.05, 4.69) is 34.9 Å². The van der Waals surface area contributed by atoms with E-state index in [0.29, 0.717) is 5.56 Å². The second-order valence-electron chi connectivity index (χ2n) is 14.8. The van der Waals surface area contributed by atoms with Crippen molar-refractivity contribution >= 4 is 49.6 Å². The quantitative estimate of drug-likeness (QED) is 0.165. The molecular formula is C55H40N2. The molecule has 0 atom stereocenters. The van der Waals surface area contributed by atoms with Crippen molar-refractivity contribution in [3.05, 3.63) is 217 Å². The van der Waals surface area contributed by atoms with Crippen LogP contribution in [0.5, 0.6) is 0 Å². The van der Waals surface area contributed by atoms with Crippen molar-refractivity contribution in [2.75, 3.05) is 4.90 Å². The summed E-state index contributed by atoms with van der Waals surface area (Å²) in [6.45, 7) is 4.08. The number of nitrogens with zero attached hydrogens (tertiary/aromatic N) is 2. The fourth-order valence-corrected chi connectivity index (χ4v) is 8.52. The second-order valence-corrected chi connectivity index (χ2v) is 14.8. The first-order valence-corrected chi connectivity index (χ1v) is 18.8. The summed E-state index contributed by atoms with van der Waals surface area (Å²) in [5.74, 6) is 0. The van der Waals surface area contributed by atoms with Gasteiger partial charge in [0.25, 0.3) is 0 Å². The first-order valence-electron chi connectivity index (χ1n) is 25.3. The highest BCUT2D eigenvalue weighted by Crippen LogP contribution is 2.51. The maximum absolute atomic E-state index is 9.85. The lowest BCUT2D eigenvalue weighted by Gasteiger charge is -2.30. The minimum absolute atomic E-state index is 0.00511. The number of rotatable bonds is 6. The molecule has 270 valence electrons. The molecular weight excluding hydrogens is 689 g/mol. The zero-order valence-corrected chi connectivity index (χ0v) is 31.0. The van der Waals surface area contributed by atoms with Gasteiger partial charge in [0, 0.05) is 38.8 Å². The number of hydrogen-bond donors (Lipinski definition) is 0. The second kappa shape index (κ2) is 13.0. The normalized spacial score (nSPS) is 16.1. The minimum Gasteiger partial charge on any atom is -0.310 e. The first-order chi connectivity index (χ1) is 33.4. The lowest BCUT2D eigenvalue weighted by Crippen LogP contribution is -2.16. The highest BCUT2D eigenvalue weighted by Gasteiger charge is 2.36. The molecule has 0 radical (unpaired) electrons. The topological polar surface area (TPSA) is 8.17 Å². The zero-order chi connectivity index (χ0) is 49.4. The van der Waals surface area contributed by atoms with Crippen molar-refractivity contribution in [1.82, 2.24) is 4.57 Å². The molecule has 0 unspecified atom stereocenters. The molecule has 0 bridgehead atoms.